The Balaban J connectivity index is 0.00000256. The van der Waals surface area contributed by atoms with Crippen molar-refractivity contribution >= 4 is 18.3 Å². The summed E-state index contributed by atoms with van der Waals surface area (Å²) in [5, 5.41) is 2.72. The van der Waals surface area contributed by atoms with E-state index in [0.717, 1.165) is 11.1 Å². The average molecular weight is 259 g/mol. The summed E-state index contributed by atoms with van der Waals surface area (Å²) in [4.78, 5) is 10.9. The van der Waals surface area contributed by atoms with E-state index in [0.29, 0.717) is 19.8 Å². The van der Waals surface area contributed by atoms with Crippen molar-refractivity contribution in [2.24, 2.45) is 5.73 Å². The van der Waals surface area contributed by atoms with Gasteiger partial charge in [-0.15, -0.1) is 12.4 Å². The summed E-state index contributed by atoms with van der Waals surface area (Å²) in [6.45, 7) is 3.87. The van der Waals surface area contributed by atoms with Crippen LogP contribution < -0.4 is 11.1 Å². The van der Waals surface area contributed by atoms with Crippen LogP contribution in [0.2, 0.25) is 0 Å². The van der Waals surface area contributed by atoms with Gasteiger partial charge < -0.3 is 15.8 Å². The number of nitrogens with two attached hydrogens (primary N) is 1. The molecular weight excluding hydrogens is 240 g/mol. The third-order valence-corrected chi connectivity index (χ3v) is 2.17. The molecule has 0 radical (unpaired) electrons. The van der Waals surface area contributed by atoms with E-state index >= 15 is 0 Å². The Labute approximate surface area is 108 Å². The molecule has 1 aromatic rings. The van der Waals surface area contributed by atoms with Gasteiger partial charge in [-0.3, -0.25) is 4.79 Å². The maximum Gasteiger partial charge on any atom is 0.234 e. The maximum atomic E-state index is 10.9. The van der Waals surface area contributed by atoms with Crippen LogP contribution in [0.4, 0.5) is 0 Å². The fourth-order valence-electron chi connectivity index (χ4n) is 1.25. The number of amides is 1. The van der Waals surface area contributed by atoms with Gasteiger partial charge in [-0.2, -0.15) is 0 Å². The lowest BCUT2D eigenvalue weighted by atomic mass is 10.1. The highest BCUT2D eigenvalue weighted by atomic mass is 35.5. The number of rotatable bonds is 6. The highest BCUT2D eigenvalue weighted by Crippen LogP contribution is 2.05. The molecule has 0 aliphatic rings. The molecule has 0 fully saturated rings. The first-order valence-electron chi connectivity index (χ1n) is 5.38. The third kappa shape index (κ3) is 6.26. The van der Waals surface area contributed by atoms with E-state index in [9.17, 15) is 4.79 Å². The smallest absolute Gasteiger partial charge is 0.234 e. The van der Waals surface area contributed by atoms with E-state index in [1.54, 1.807) is 0 Å². The van der Waals surface area contributed by atoms with Crippen molar-refractivity contribution in [3.8, 4) is 0 Å². The molecule has 96 valence electrons. The average Bonchev–Trinajstić information content (AvgIpc) is 2.34. The van der Waals surface area contributed by atoms with Crippen molar-refractivity contribution in [1.82, 2.24) is 5.32 Å². The standard InChI is InChI=1S/C12H18N2O2.ClH/c1-2-16-9-11-5-3-10(4-6-11)8-14-12(15)7-13;/h3-6H,2,7-9,13H2,1H3,(H,14,15);1H. The normalized spacial score (nSPS) is 9.53. The summed E-state index contributed by atoms with van der Waals surface area (Å²) < 4.78 is 5.29. The van der Waals surface area contributed by atoms with Crippen LogP contribution in [0.1, 0.15) is 18.1 Å². The lowest BCUT2D eigenvalue weighted by Crippen LogP contribution is -2.29. The van der Waals surface area contributed by atoms with Gasteiger partial charge in [0.1, 0.15) is 0 Å². The molecule has 1 aromatic carbocycles. The van der Waals surface area contributed by atoms with E-state index in [1.165, 1.54) is 0 Å². The molecule has 0 bridgehead atoms. The molecule has 0 aromatic heterocycles. The van der Waals surface area contributed by atoms with Crippen LogP contribution in [0.15, 0.2) is 24.3 Å². The van der Waals surface area contributed by atoms with Crippen molar-refractivity contribution in [3.05, 3.63) is 35.4 Å². The Morgan fingerprint density at radius 3 is 2.41 bits per heavy atom. The summed E-state index contributed by atoms with van der Waals surface area (Å²) >= 11 is 0. The van der Waals surface area contributed by atoms with Gasteiger partial charge in [0.2, 0.25) is 5.91 Å². The fraction of sp³-hybridized carbons (Fsp3) is 0.417. The number of hydrogen-bond acceptors (Lipinski definition) is 3. The Morgan fingerprint density at radius 2 is 1.88 bits per heavy atom. The highest BCUT2D eigenvalue weighted by Gasteiger charge is 1.98. The van der Waals surface area contributed by atoms with Crippen LogP contribution in [0.3, 0.4) is 0 Å². The van der Waals surface area contributed by atoms with E-state index < -0.39 is 0 Å². The molecule has 0 aliphatic heterocycles. The first-order chi connectivity index (χ1) is 7.76. The van der Waals surface area contributed by atoms with Crippen LogP contribution in [0, 0.1) is 0 Å². The molecule has 17 heavy (non-hydrogen) atoms. The number of ether oxygens (including phenoxy) is 1. The van der Waals surface area contributed by atoms with Gasteiger partial charge in [-0.05, 0) is 18.1 Å². The summed E-state index contributed by atoms with van der Waals surface area (Å²) in [6.07, 6.45) is 0. The zero-order valence-electron chi connectivity index (χ0n) is 9.94. The fourth-order valence-corrected chi connectivity index (χ4v) is 1.25. The zero-order chi connectivity index (χ0) is 11.8. The molecule has 1 rings (SSSR count). The summed E-state index contributed by atoms with van der Waals surface area (Å²) in [5.41, 5.74) is 7.38. The monoisotopic (exact) mass is 258 g/mol. The van der Waals surface area contributed by atoms with Crippen molar-refractivity contribution in [2.45, 2.75) is 20.1 Å². The number of carbonyl (C=O) groups excluding carboxylic acids is 1. The summed E-state index contributed by atoms with van der Waals surface area (Å²) in [5.74, 6) is -0.140. The van der Waals surface area contributed by atoms with Gasteiger partial charge >= 0.3 is 0 Å². The lowest BCUT2D eigenvalue weighted by Gasteiger charge is -2.05. The van der Waals surface area contributed by atoms with Crippen LogP contribution >= 0.6 is 12.4 Å². The molecule has 0 atom stereocenters. The number of benzene rings is 1. The van der Waals surface area contributed by atoms with Crippen molar-refractivity contribution in [3.63, 3.8) is 0 Å². The maximum absolute atomic E-state index is 10.9. The number of hydrogen-bond donors (Lipinski definition) is 2. The minimum absolute atomic E-state index is 0. The SMILES string of the molecule is CCOCc1ccc(CNC(=O)CN)cc1.Cl. The van der Waals surface area contributed by atoms with Crippen LogP contribution in [-0.4, -0.2) is 19.1 Å². The Bertz CT molecular complexity index is 328. The van der Waals surface area contributed by atoms with Gasteiger partial charge in [0.25, 0.3) is 0 Å². The molecular formula is C12H19ClN2O2. The van der Waals surface area contributed by atoms with Crippen LogP contribution in [0.5, 0.6) is 0 Å². The van der Waals surface area contributed by atoms with Crippen molar-refractivity contribution < 1.29 is 9.53 Å². The van der Waals surface area contributed by atoms with Crippen LogP contribution in [-0.2, 0) is 22.7 Å². The number of nitrogens with one attached hydrogen (secondary N) is 1. The molecule has 0 spiro atoms. The molecule has 4 nitrogen and oxygen atoms in total. The summed E-state index contributed by atoms with van der Waals surface area (Å²) in [7, 11) is 0. The number of carbonyl (C=O) groups is 1. The first kappa shape index (κ1) is 15.9. The molecule has 1 amide bonds. The molecule has 0 saturated carbocycles. The van der Waals surface area contributed by atoms with Crippen molar-refractivity contribution in [1.29, 1.82) is 0 Å². The van der Waals surface area contributed by atoms with Gasteiger partial charge in [0.15, 0.2) is 0 Å². The molecule has 0 aliphatic carbocycles. The van der Waals surface area contributed by atoms with Gasteiger partial charge in [-0.1, -0.05) is 24.3 Å². The highest BCUT2D eigenvalue weighted by molar-refractivity contribution is 5.85. The lowest BCUT2D eigenvalue weighted by molar-refractivity contribution is -0.119. The zero-order valence-corrected chi connectivity index (χ0v) is 10.8. The predicted molar refractivity (Wildman–Crippen MR) is 69.9 cm³/mol. The quantitative estimate of drug-likeness (QED) is 0.806. The summed E-state index contributed by atoms with van der Waals surface area (Å²) in [6, 6.07) is 7.95. The third-order valence-electron chi connectivity index (χ3n) is 2.17. The van der Waals surface area contributed by atoms with Gasteiger partial charge in [0, 0.05) is 13.2 Å². The Hall–Kier alpha value is -1.10. The van der Waals surface area contributed by atoms with E-state index in [4.69, 9.17) is 10.5 Å². The number of halogens is 1. The minimum Gasteiger partial charge on any atom is -0.377 e. The second-order valence-electron chi connectivity index (χ2n) is 3.43. The first-order valence-corrected chi connectivity index (χ1v) is 5.38. The second kappa shape index (κ2) is 8.98. The van der Waals surface area contributed by atoms with Gasteiger partial charge in [-0.25, -0.2) is 0 Å². The molecule has 5 heteroatoms. The molecule has 3 N–H and O–H groups in total. The molecule has 0 heterocycles. The predicted octanol–water partition coefficient (Wildman–Crippen LogP) is 1.22. The van der Waals surface area contributed by atoms with E-state index in [-0.39, 0.29) is 24.9 Å². The van der Waals surface area contributed by atoms with Gasteiger partial charge in [0.05, 0.1) is 13.2 Å². The Morgan fingerprint density at radius 1 is 1.29 bits per heavy atom. The van der Waals surface area contributed by atoms with E-state index in [1.807, 2.05) is 31.2 Å². The minimum atomic E-state index is -0.140. The second-order valence-corrected chi connectivity index (χ2v) is 3.43. The van der Waals surface area contributed by atoms with E-state index in [2.05, 4.69) is 5.32 Å². The molecule has 0 unspecified atom stereocenters. The Kier molecular flexibility index (Phi) is 8.40. The largest absolute Gasteiger partial charge is 0.377 e. The topological polar surface area (TPSA) is 64.3 Å². The van der Waals surface area contributed by atoms with Crippen molar-refractivity contribution in [2.75, 3.05) is 13.2 Å². The van der Waals surface area contributed by atoms with Crippen LogP contribution in [0.25, 0.3) is 0 Å². The molecule has 0 saturated heterocycles.